The second-order valence-electron chi connectivity index (χ2n) is 6.34. The second-order valence-corrected chi connectivity index (χ2v) is 8.36. The fourth-order valence-electron chi connectivity index (χ4n) is 3.16. The highest BCUT2D eigenvalue weighted by Gasteiger charge is 2.23. The van der Waals surface area contributed by atoms with E-state index in [0.717, 1.165) is 47.7 Å². The number of furan rings is 1. The zero-order valence-electron chi connectivity index (χ0n) is 15.3. The molecule has 0 radical (unpaired) electrons. The average molecular weight is 418 g/mol. The molecule has 3 heterocycles. The summed E-state index contributed by atoms with van der Waals surface area (Å²) in [6, 6.07) is 3.65. The third-order valence-corrected chi connectivity index (χ3v) is 6.45. The molecule has 3 aromatic heterocycles. The van der Waals surface area contributed by atoms with Gasteiger partial charge in [0, 0.05) is 11.3 Å². The van der Waals surface area contributed by atoms with Crippen molar-refractivity contribution in [1.82, 2.24) is 19.7 Å². The van der Waals surface area contributed by atoms with Gasteiger partial charge in [0.25, 0.3) is 0 Å². The van der Waals surface area contributed by atoms with Gasteiger partial charge in [-0.05, 0) is 37.8 Å². The fourth-order valence-corrected chi connectivity index (χ4v) is 4.74. The van der Waals surface area contributed by atoms with Crippen LogP contribution in [0.3, 0.4) is 0 Å². The maximum atomic E-state index is 12.6. The summed E-state index contributed by atoms with van der Waals surface area (Å²) < 4.78 is 7.05. The van der Waals surface area contributed by atoms with Crippen molar-refractivity contribution in [1.29, 1.82) is 0 Å². The minimum Gasteiger partial charge on any atom is -0.467 e. The van der Waals surface area contributed by atoms with Crippen molar-refractivity contribution in [3.8, 4) is 0 Å². The summed E-state index contributed by atoms with van der Waals surface area (Å²) in [6.45, 7) is 2.37. The molecule has 1 aliphatic carbocycles. The fraction of sp³-hybridized carbons (Fsp3) is 0.389. The quantitative estimate of drug-likeness (QED) is 0.465. The summed E-state index contributed by atoms with van der Waals surface area (Å²) in [6.07, 6.45) is 5.05. The molecule has 1 amide bonds. The average Bonchev–Trinajstić information content (AvgIpc) is 3.44. The largest absolute Gasteiger partial charge is 0.467 e. The van der Waals surface area contributed by atoms with Crippen LogP contribution in [0.5, 0.6) is 0 Å². The minimum atomic E-state index is -0.309. The van der Waals surface area contributed by atoms with Crippen LogP contribution >= 0.6 is 23.1 Å². The third-order valence-electron chi connectivity index (χ3n) is 4.45. The molecule has 10 heteroatoms. The number of thioether (sulfide) groups is 1. The smallest absolute Gasteiger partial charge is 0.349 e. The maximum absolute atomic E-state index is 12.6. The number of nitrogens with one attached hydrogen (secondary N) is 1. The number of amides is 1. The van der Waals surface area contributed by atoms with E-state index >= 15 is 0 Å². The SMILES string of the molecule is CCc1nnc(NC(=O)CSc2nc(=O)n(Cc3ccco3)c3c2CCC3)s1. The molecule has 0 aliphatic heterocycles. The van der Waals surface area contributed by atoms with Crippen LogP contribution in [-0.4, -0.2) is 31.4 Å². The van der Waals surface area contributed by atoms with E-state index in [1.165, 1.54) is 23.1 Å². The number of carbonyl (C=O) groups is 1. The molecule has 8 nitrogen and oxygen atoms in total. The van der Waals surface area contributed by atoms with Crippen LogP contribution in [0.25, 0.3) is 0 Å². The Morgan fingerprint density at radius 1 is 1.39 bits per heavy atom. The number of carbonyl (C=O) groups excluding carboxylic acids is 1. The van der Waals surface area contributed by atoms with E-state index in [-0.39, 0.29) is 17.3 Å². The van der Waals surface area contributed by atoms with Gasteiger partial charge in [0.05, 0.1) is 18.6 Å². The summed E-state index contributed by atoms with van der Waals surface area (Å²) in [5.41, 5.74) is 1.75. The topological polar surface area (TPSA) is 103 Å². The van der Waals surface area contributed by atoms with E-state index in [4.69, 9.17) is 4.42 Å². The Labute approximate surface area is 169 Å². The zero-order valence-corrected chi connectivity index (χ0v) is 16.9. The maximum Gasteiger partial charge on any atom is 0.349 e. The van der Waals surface area contributed by atoms with Crippen molar-refractivity contribution in [2.45, 2.75) is 44.2 Å². The normalized spacial score (nSPS) is 12.9. The van der Waals surface area contributed by atoms with Gasteiger partial charge in [-0.1, -0.05) is 30.0 Å². The Balaban J connectivity index is 1.47. The summed E-state index contributed by atoms with van der Waals surface area (Å²) in [7, 11) is 0. The van der Waals surface area contributed by atoms with Gasteiger partial charge >= 0.3 is 5.69 Å². The number of aryl methyl sites for hydroxylation is 1. The first kappa shape index (κ1) is 18.9. The number of fused-ring (bicyclic) bond motifs is 1. The van der Waals surface area contributed by atoms with E-state index in [1.807, 2.05) is 13.0 Å². The Kier molecular flexibility index (Phi) is 5.58. The Hall–Kier alpha value is -2.46. The van der Waals surface area contributed by atoms with Crippen LogP contribution in [-0.2, 0) is 30.6 Å². The lowest BCUT2D eigenvalue weighted by Crippen LogP contribution is -2.28. The van der Waals surface area contributed by atoms with Crippen LogP contribution in [0, 0.1) is 0 Å². The van der Waals surface area contributed by atoms with Crippen molar-refractivity contribution in [2.75, 3.05) is 11.1 Å². The van der Waals surface area contributed by atoms with Gasteiger partial charge in [-0.2, -0.15) is 4.98 Å². The lowest BCUT2D eigenvalue weighted by Gasteiger charge is -2.13. The van der Waals surface area contributed by atoms with Crippen molar-refractivity contribution < 1.29 is 9.21 Å². The molecule has 4 rings (SSSR count). The summed E-state index contributed by atoms with van der Waals surface area (Å²) >= 11 is 2.66. The van der Waals surface area contributed by atoms with E-state index < -0.39 is 0 Å². The highest BCUT2D eigenvalue weighted by molar-refractivity contribution is 8.00. The zero-order chi connectivity index (χ0) is 19.5. The first-order valence-corrected chi connectivity index (χ1v) is 10.8. The predicted molar refractivity (Wildman–Crippen MR) is 107 cm³/mol. The number of aromatic nitrogens is 4. The van der Waals surface area contributed by atoms with E-state index in [1.54, 1.807) is 16.9 Å². The number of hydrogen-bond donors (Lipinski definition) is 1. The second kappa shape index (κ2) is 8.27. The molecule has 0 spiro atoms. The van der Waals surface area contributed by atoms with Crippen molar-refractivity contribution in [3.63, 3.8) is 0 Å². The van der Waals surface area contributed by atoms with Crippen LogP contribution in [0.4, 0.5) is 5.13 Å². The van der Waals surface area contributed by atoms with Crippen molar-refractivity contribution in [2.24, 2.45) is 0 Å². The van der Waals surface area contributed by atoms with Crippen molar-refractivity contribution >= 4 is 34.1 Å². The van der Waals surface area contributed by atoms with Gasteiger partial charge in [0.1, 0.15) is 15.8 Å². The first-order chi connectivity index (χ1) is 13.6. The Morgan fingerprint density at radius 2 is 2.29 bits per heavy atom. The molecule has 0 fully saturated rings. The molecule has 0 saturated heterocycles. The first-order valence-electron chi connectivity index (χ1n) is 9.04. The van der Waals surface area contributed by atoms with Crippen LogP contribution in [0.2, 0.25) is 0 Å². The molecule has 1 aliphatic rings. The standard InChI is InChI=1S/C18H19N5O3S2/c1-2-15-21-22-17(28-15)19-14(24)10-27-16-12-6-3-7-13(12)23(18(25)20-16)9-11-5-4-8-26-11/h4-5,8H,2-3,6-7,9-10H2,1H3,(H,19,22,24). The van der Waals surface area contributed by atoms with Gasteiger partial charge in [-0.3, -0.25) is 14.7 Å². The molecule has 1 N–H and O–H groups in total. The van der Waals surface area contributed by atoms with E-state index in [0.29, 0.717) is 16.7 Å². The molecule has 0 unspecified atom stereocenters. The molecule has 0 aromatic carbocycles. The van der Waals surface area contributed by atoms with Gasteiger partial charge in [0.2, 0.25) is 11.0 Å². The molecule has 0 saturated carbocycles. The van der Waals surface area contributed by atoms with Gasteiger partial charge in [-0.15, -0.1) is 10.2 Å². The summed E-state index contributed by atoms with van der Waals surface area (Å²) in [5.74, 6) is 0.709. The molecule has 0 atom stereocenters. The number of anilines is 1. The lowest BCUT2D eigenvalue weighted by molar-refractivity contribution is -0.113. The predicted octanol–water partition coefficient (Wildman–Crippen LogP) is 2.52. The van der Waals surface area contributed by atoms with Crippen molar-refractivity contribution in [3.05, 3.63) is 50.9 Å². The highest BCUT2D eigenvalue weighted by Crippen LogP contribution is 2.29. The van der Waals surface area contributed by atoms with Crippen LogP contribution in [0.1, 0.15) is 35.4 Å². The molecule has 3 aromatic rings. The third kappa shape index (κ3) is 4.02. The van der Waals surface area contributed by atoms with E-state index in [9.17, 15) is 9.59 Å². The van der Waals surface area contributed by atoms with Gasteiger partial charge in [-0.25, -0.2) is 4.79 Å². The van der Waals surface area contributed by atoms with Gasteiger partial charge in [0.15, 0.2) is 0 Å². The van der Waals surface area contributed by atoms with Gasteiger partial charge < -0.3 is 4.42 Å². The number of rotatable bonds is 7. The monoisotopic (exact) mass is 417 g/mol. The molecular weight excluding hydrogens is 398 g/mol. The minimum absolute atomic E-state index is 0.169. The Morgan fingerprint density at radius 3 is 3.04 bits per heavy atom. The van der Waals surface area contributed by atoms with Crippen LogP contribution < -0.4 is 11.0 Å². The lowest BCUT2D eigenvalue weighted by atomic mass is 10.2. The Bertz CT molecular complexity index is 1040. The molecule has 0 bridgehead atoms. The summed E-state index contributed by atoms with van der Waals surface area (Å²) in [4.78, 5) is 29.1. The number of hydrogen-bond acceptors (Lipinski definition) is 8. The highest BCUT2D eigenvalue weighted by atomic mass is 32.2. The van der Waals surface area contributed by atoms with Crippen LogP contribution in [0.15, 0.2) is 32.6 Å². The number of nitrogens with zero attached hydrogens (tertiary/aromatic N) is 4. The van der Waals surface area contributed by atoms with E-state index in [2.05, 4.69) is 20.5 Å². The molecule has 28 heavy (non-hydrogen) atoms. The molecular formula is C18H19N5O3S2. The molecule has 146 valence electrons. The summed E-state index contributed by atoms with van der Waals surface area (Å²) in [5, 5.41) is 12.7.